The zero-order valence-electron chi connectivity index (χ0n) is 11.1. The lowest BCUT2D eigenvalue weighted by molar-refractivity contribution is 0.303. The van der Waals surface area contributed by atoms with E-state index in [1.54, 1.807) is 6.07 Å². The first-order valence-corrected chi connectivity index (χ1v) is 9.67. The summed E-state index contributed by atoms with van der Waals surface area (Å²) < 4.78 is 55.3. The third kappa shape index (κ3) is 4.89. The van der Waals surface area contributed by atoms with Gasteiger partial charge in [0.05, 0.1) is 30.0 Å². The first-order valence-electron chi connectivity index (χ1n) is 5.89. The van der Waals surface area contributed by atoms with Gasteiger partial charge in [-0.3, -0.25) is 9.44 Å². The predicted octanol–water partition coefficient (Wildman–Crippen LogP) is 0.971. The van der Waals surface area contributed by atoms with Crippen molar-refractivity contribution in [1.82, 2.24) is 0 Å². The van der Waals surface area contributed by atoms with Crippen molar-refractivity contribution in [1.29, 1.82) is 0 Å². The zero-order valence-corrected chi connectivity index (χ0v) is 12.7. The molecule has 0 radical (unpaired) electrons. The highest BCUT2D eigenvalue weighted by atomic mass is 32.2. The third-order valence-electron chi connectivity index (χ3n) is 2.41. The van der Waals surface area contributed by atoms with Crippen LogP contribution in [0.3, 0.4) is 0 Å². The van der Waals surface area contributed by atoms with E-state index in [2.05, 4.69) is 9.44 Å². The average molecular weight is 320 g/mol. The second-order valence-corrected chi connectivity index (χ2v) is 8.27. The summed E-state index contributed by atoms with van der Waals surface area (Å²) in [6.07, 6.45) is 4.09. The molecule has 0 unspecified atom stereocenters. The Labute approximate surface area is 118 Å². The van der Waals surface area contributed by atoms with Crippen LogP contribution in [0, 0.1) is 0 Å². The molecule has 9 heteroatoms. The smallest absolute Gasteiger partial charge is 0.229 e. The molecule has 1 saturated carbocycles. The van der Waals surface area contributed by atoms with Gasteiger partial charge >= 0.3 is 0 Å². The lowest BCUT2D eigenvalue weighted by Gasteiger charge is -2.14. The Morgan fingerprint density at radius 1 is 1.00 bits per heavy atom. The van der Waals surface area contributed by atoms with Crippen LogP contribution in [-0.2, 0) is 20.0 Å². The van der Waals surface area contributed by atoms with Gasteiger partial charge in [0.1, 0.15) is 5.75 Å². The number of sulfonamides is 2. The van der Waals surface area contributed by atoms with Crippen molar-refractivity contribution in [3.8, 4) is 5.75 Å². The van der Waals surface area contributed by atoms with E-state index in [9.17, 15) is 16.8 Å². The summed E-state index contributed by atoms with van der Waals surface area (Å²) in [4.78, 5) is 0. The van der Waals surface area contributed by atoms with E-state index >= 15 is 0 Å². The first kappa shape index (κ1) is 14.9. The van der Waals surface area contributed by atoms with Gasteiger partial charge in [-0.25, -0.2) is 16.8 Å². The van der Waals surface area contributed by atoms with Crippen LogP contribution in [0.1, 0.15) is 12.8 Å². The van der Waals surface area contributed by atoms with Gasteiger partial charge in [-0.1, -0.05) is 0 Å². The summed E-state index contributed by atoms with van der Waals surface area (Å²) in [7, 11) is -7.03. The van der Waals surface area contributed by atoms with E-state index in [0.717, 1.165) is 25.4 Å². The molecule has 2 rings (SSSR count). The lowest BCUT2D eigenvalue weighted by atomic mass is 10.2. The second-order valence-electron chi connectivity index (χ2n) is 4.77. The Morgan fingerprint density at radius 2 is 1.55 bits per heavy atom. The highest BCUT2D eigenvalue weighted by Gasteiger charge is 2.24. The van der Waals surface area contributed by atoms with Crippen LogP contribution in [0.5, 0.6) is 5.75 Å². The number of rotatable bonds is 6. The minimum absolute atomic E-state index is 0.135. The van der Waals surface area contributed by atoms with Crippen LogP contribution < -0.4 is 14.2 Å². The topological polar surface area (TPSA) is 102 Å². The van der Waals surface area contributed by atoms with Gasteiger partial charge in [0.25, 0.3) is 0 Å². The molecule has 1 aromatic rings. The maximum absolute atomic E-state index is 11.3. The highest BCUT2D eigenvalue weighted by Crippen LogP contribution is 2.32. The summed E-state index contributed by atoms with van der Waals surface area (Å²) in [5.74, 6) is 0.498. The van der Waals surface area contributed by atoms with Crippen molar-refractivity contribution in [3.05, 3.63) is 18.2 Å². The van der Waals surface area contributed by atoms with Crippen LogP contribution in [0.4, 0.5) is 11.4 Å². The number of benzene rings is 1. The third-order valence-corrected chi connectivity index (χ3v) is 3.59. The minimum atomic E-state index is -3.53. The van der Waals surface area contributed by atoms with E-state index in [1.807, 2.05) is 0 Å². The molecule has 0 aromatic heterocycles. The standard InChI is InChI=1S/C11H16N2O5S2/c1-19(14,15)12-10-6-5-9(18-8-3-4-8)7-11(10)13-20(2,16)17/h5-8,12-13H,3-4H2,1-2H3. The molecule has 0 atom stereocenters. The van der Waals surface area contributed by atoms with Crippen molar-refractivity contribution in [2.24, 2.45) is 0 Å². The number of hydrogen-bond acceptors (Lipinski definition) is 5. The van der Waals surface area contributed by atoms with Gasteiger partial charge in [0.2, 0.25) is 20.0 Å². The molecule has 112 valence electrons. The number of nitrogens with one attached hydrogen (secondary N) is 2. The molecule has 0 bridgehead atoms. The molecule has 1 aliphatic carbocycles. The van der Waals surface area contributed by atoms with E-state index in [-0.39, 0.29) is 17.5 Å². The van der Waals surface area contributed by atoms with E-state index < -0.39 is 20.0 Å². The van der Waals surface area contributed by atoms with Crippen molar-refractivity contribution in [2.75, 3.05) is 22.0 Å². The summed E-state index contributed by atoms with van der Waals surface area (Å²) in [6.45, 7) is 0. The van der Waals surface area contributed by atoms with Gasteiger partial charge in [-0.2, -0.15) is 0 Å². The molecule has 7 nitrogen and oxygen atoms in total. The summed E-state index contributed by atoms with van der Waals surface area (Å²) >= 11 is 0. The average Bonchev–Trinajstić information content (AvgIpc) is 3.02. The molecule has 0 amide bonds. The van der Waals surface area contributed by atoms with Crippen molar-refractivity contribution >= 4 is 31.4 Å². The predicted molar refractivity (Wildman–Crippen MR) is 77.0 cm³/mol. The summed E-state index contributed by atoms with van der Waals surface area (Å²) in [5.41, 5.74) is 0.289. The Hall–Kier alpha value is -1.48. The van der Waals surface area contributed by atoms with Crippen molar-refractivity contribution < 1.29 is 21.6 Å². The van der Waals surface area contributed by atoms with Crippen molar-refractivity contribution in [3.63, 3.8) is 0 Å². The SMILES string of the molecule is CS(=O)(=O)Nc1ccc(OC2CC2)cc1NS(C)(=O)=O. The molecular weight excluding hydrogens is 304 g/mol. The molecular formula is C11H16N2O5S2. The van der Waals surface area contributed by atoms with E-state index in [4.69, 9.17) is 4.74 Å². The van der Waals surface area contributed by atoms with E-state index in [1.165, 1.54) is 12.1 Å². The Balaban J connectivity index is 2.33. The second kappa shape index (κ2) is 5.13. The largest absolute Gasteiger partial charge is 0.490 e. The van der Waals surface area contributed by atoms with Crippen LogP contribution in [-0.4, -0.2) is 35.5 Å². The van der Waals surface area contributed by atoms with Gasteiger partial charge < -0.3 is 4.74 Å². The van der Waals surface area contributed by atoms with Gasteiger partial charge in [0, 0.05) is 6.07 Å². The molecule has 1 aromatic carbocycles. The Morgan fingerprint density at radius 3 is 2.05 bits per heavy atom. The fourth-order valence-corrected chi connectivity index (χ4v) is 2.69. The van der Waals surface area contributed by atoms with Crippen molar-refractivity contribution in [2.45, 2.75) is 18.9 Å². The highest BCUT2D eigenvalue weighted by molar-refractivity contribution is 7.92. The summed E-state index contributed by atoms with van der Waals surface area (Å²) in [5, 5.41) is 0. The molecule has 1 aliphatic rings. The molecule has 0 spiro atoms. The first-order chi connectivity index (χ1) is 9.12. The van der Waals surface area contributed by atoms with Gasteiger partial charge in [0.15, 0.2) is 0 Å². The maximum atomic E-state index is 11.3. The fourth-order valence-electron chi connectivity index (χ4n) is 1.55. The number of anilines is 2. The normalized spacial score (nSPS) is 15.7. The van der Waals surface area contributed by atoms with Gasteiger partial charge in [-0.05, 0) is 25.0 Å². The van der Waals surface area contributed by atoms with Crippen LogP contribution >= 0.6 is 0 Å². The van der Waals surface area contributed by atoms with Crippen LogP contribution in [0.15, 0.2) is 18.2 Å². The Kier molecular flexibility index (Phi) is 3.83. The Bertz CT molecular complexity index is 708. The molecule has 1 fully saturated rings. The molecule has 0 heterocycles. The minimum Gasteiger partial charge on any atom is -0.490 e. The fraction of sp³-hybridized carbons (Fsp3) is 0.455. The zero-order chi connectivity index (χ0) is 15.0. The molecule has 0 saturated heterocycles. The monoisotopic (exact) mass is 320 g/mol. The maximum Gasteiger partial charge on any atom is 0.229 e. The lowest BCUT2D eigenvalue weighted by Crippen LogP contribution is -2.15. The molecule has 20 heavy (non-hydrogen) atoms. The number of ether oxygens (including phenoxy) is 1. The summed E-state index contributed by atoms with van der Waals surface area (Å²) in [6, 6.07) is 4.53. The van der Waals surface area contributed by atoms with Crippen LogP contribution in [0.25, 0.3) is 0 Å². The molecule has 0 aliphatic heterocycles. The van der Waals surface area contributed by atoms with Crippen LogP contribution in [0.2, 0.25) is 0 Å². The molecule has 2 N–H and O–H groups in total. The number of hydrogen-bond donors (Lipinski definition) is 2. The van der Waals surface area contributed by atoms with E-state index in [0.29, 0.717) is 5.75 Å². The van der Waals surface area contributed by atoms with Gasteiger partial charge in [-0.15, -0.1) is 0 Å². The quantitative estimate of drug-likeness (QED) is 0.813.